The minimum absolute atomic E-state index is 0.0263. The van der Waals surface area contributed by atoms with E-state index >= 15 is 0 Å². The van der Waals surface area contributed by atoms with Crippen molar-refractivity contribution < 1.29 is 9.18 Å². The van der Waals surface area contributed by atoms with E-state index in [1.54, 1.807) is 19.1 Å². The third-order valence-electron chi connectivity index (χ3n) is 2.96. The number of hydrogen-bond donors (Lipinski definition) is 1. The summed E-state index contributed by atoms with van der Waals surface area (Å²) in [4.78, 5) is 23.5. The van der Waals surface area contributed by atoms with Crippen LogP contribution in [0.5, 0.6) is 0 Å². The molecule has 116 valence electrons. The molecule has 0 radical (unpaired) electrons. The van der Waals surface area contributed by atoms with Crippen molar-refractivity contribution in [2.45, 2.75) is 20.0 Å². The third-order valence-corrected chi connectivity index (χ3v) is 3.71. The molecule has 8 heteroatoms. The van der Waals surface area contributed by atoms with Crippen molar-refractivity contribution in [3.8, 4) is 0 Å². The van der Waals surface area contributed by atoms with E-state index in [0.29, 0.717) is 11.1 Å². The van der Waals surface area contributed by atoms with Crippen LogP contribution >= 0.6 is 23.2 Å². The summed E-state index contributed by atoms with van der Waals surface area (Å²) in [6.45, 7) is 1.50. The van der Waals surface area contributed by atoms with Crippen LogP contribution in [0.1, 0.15) is 11.1 Å². The lowest BCUT2D eigenvalue weighted by Crippen LogP contribution is -2.33. The smallest absolute Gasteiger partial charge is 0.287 e. The maximum atomic E-state index is 13.4. The fourth-order valence-electron chi connectivity index (χ4n) is 1.70. The Balaban J connectivity index is 2.00. The summed E-state index contributed by atoms with van der Waals surface area (Å²) in [6.07, 6.45) is 1.19. The second kappa shape index (κ2) is 6.89. The predicted octanol–water partition coefficient (Wildman–Crippen LogP) is 2.31. The van der Waals surface area contributed by atoms with Crippen LogP contribution in [0, 0.1) is 12.7 Å². The lowest BCUT2D eigenvalue weighted by molar-refractivity contribution is -0.122. The highest BCUT2D eigenvalue weighted by Crippen LogP contribution is 2.14. The van der Waals surface area contributed by atoms with Crippen molar-refractivity contribution in [2.75, 3.05) is 0 Å². The van der Waals surface area contributed by atoms with E-state index in [1.807, 2.05) is 0 Å². The summed E-state index contributed by atoms with van der Waals surface area (Å²) in [5.74, 6) is -0.789. The van der Waals surface area contributed by atoms with Gasteiger partial charge in [0.2, 0.25) is 5.91 Å². The van der Waals surface area contributed by atoms with E-state index in [0.717, 1.165) is 4.68 Å². The van der Waals surface area contributed by atoms with Gasteiger partial charge in [0.15, 0.2) is 0 Å². The number of rotatable bonds is 4. The van der Waals surface area contributed by atoms with E-state index in [1.165, 1.54) is 12.3 Å². The van der Waals surface area contributed by atoms with Gasteiger partial charge < -0.3 is 5.32 Å². The average molecular weight is 344 g/mol. The van der Waals surface area contributed by atoms with Crippen molar-refractivity contribution in [1.29, 1.82) is 0 Å². The first-order valence-electron chi connectivity index (χ1n) is 6.31. The Morgan fingerprint density at radius 2 is 2.14 bits per heavy atom. The topological polar surface area (TPSA) is 64.0 Å². The van der Waals surface area contributed by atoms with Crippen LogP contribution < -0.4 is 10.9 Å². The van der Waals surface area contributed by atoms with Crippen LogP contribution in [0.4, 0.5) is 4.39 Å². The molecule has 1 heterocycles. The number of amides is 1. The molecular weight excluding hydrogens is 332 g/mol. The number of aryl methyl sites for hydroxylation is 1. The summed E-state index contributed by atoms with van der Waals surface area (Å²) in [7, 11) is 0. The fourth-order valence-corrected chi connectivity index (χ4v) is 1.97. The summed E-state index contributed by atoms with van der Waals surface area (Å²) < 4.78 is 14.3. The molecule has 0 aliphatic rings. The van der Waals surface area contributed by atoms with Gasteiger partial charge in [-0.2, -0.15) is 5.10 Å². The number of aromatic nitrogens is 2. The SMILES string of the molecule is Cc1ccc(CNC(=O)Cn2ncc(Cl)c(Cl)c2=O)cc1F. The number of nitrogens with zero attached hydrogens (tertiary/aromatic N) is 2. The predicted molar refractivity (Wildman–Crippen MR) is 81.5 cm³/mol. The molecule has 0 aliphatic carbocycles. The van der Waals surface area contributed by atoms with Crippen LogP contribution in [0.2, 0.25) is 10.0 Å². The van der Waals surface area contributed by atoms with E-state index in [-0.39, 0.29) is 29.0 Å². The van der Waals surface area contributed by atoms with Gasteiger partial charge >= 0.3 is 0 Å². The normalized spacial score (nSPS) is 10.5. The van der Waals surface area contributed by atoms with Gasteiger partial charge in [-0.1, -0.05) is 35.3 Å². The van der Waals surface area contributed by atoms with Gasteiger partial charge in [0.25, 0.3) is 5.56 Å². The molecule has 2 aromatic rings. The maximum Gasteiger partial charge on any atom is 0.287 e. The van der Waals surface area contributed by atoms with Crippen molar-refractivity contribution in [2.24, 2.45) is 0 Å². The first kappa shape index (κ1) is 16.5. The summed E-state index contributed by atoms with van der Waals surface area (Å²) in [6, 6.07) is 4.68. The zero-order valence-corrected chi connectivity index (χ0v) is 13.1. The molecular formula is C14H12Cl2FN3O2. The van der Waals surface area contributed by atoms with Gasteiger partial charge in [-0.05, 0) is 24.1 Å². The van der Waals surface area contributed by atoms with Gasteiger partial charge in [-0.3, -0.25) is 9.59 Å². The van der Waals surface area contributed by atoms with Gasteiger partial charge in [0.05, 0.1) is 11.2 Å². The van der Waals surface area contributed by atoms with Crippen molar-refractivity contribution in [1.82, 2.24) is 15.1 Å². The van der Waals surface area contributed by atoms with E-state index in [9.17, 15) is 14.0 Å². The number of benzene rings is 1. The molecule has 0 saturated carbocycles. The van der Waals surface area contributed by atoms with Crippen molar-refractivity contribution in [3.63, 3.8) is 0 Å². The first-order valence-corrected chi connectivity index (χ1v) is 7.07. The summed E-state index contributed by atoms with van der Waals surface area (Å²) >= 11 is 11.3. The highest BCUT2D eigenvalue weighted by atomic mass is 35.5. The standard InChI is InChI=1S/C14H12Cl2FN3O2/c1-8-2-3-9(4-11(8)17)5-18-12(21)7-20-14(22)13(16)10(15)6-19-20/h2-4,6H,5,7H2,1H3,(H,18,21). The second-order valence-electron chi connectivity index (χ2n) is 4.63. The molecule has 0 fully saturated rings. The fraction of sp³-hybridized carbons (Fsp3) is 0.214. The minimum atomic E-state index is -0.648. The molecule has 0 aliphatic heterocycles. The lowest BCUT2D eigenvalue weighted by Gasteiger charge is -2.08. The van der Waals surface area contributed by atoms with E-state index in [4.69, 9.17) is 23.2 Å². The summed E-state index contributed by atoms with van der Waals surface area (Å²) in [5.41, 5.74) is 0.498. The number of hydrogen-bond acceptors (Lipinski definition) is 3. The number of halogens is 3. The molecule has 1 aromatic carbocycles. The van der Waals surface area contributed by atoms with Crippen LogP contribution in [-0.4, -0.2) is 15.7 Å². The molecule has 0 spiro atoms. The van der Waals surface area contributed by atoms with Crippen LogP contribution in [0.25, 0.3) is 0 Å². The lowest BCUT2D eigenvalue weighted by atomic mass is 10.1. The van der Waals surface area contributed by atoms with Crippen molar-refractivity contribution in [3.05, 3.63) is 61.7 Å². The molecule has 0 saturated heterocycles. The van der Waals surface area contributed by atoms with Gasteiger partial charge in [0, 0.05) is 6.54 Å². The van der Waals surface area contributed by atoms with Gasteiger partial charge in [0.1, 0.15) is 17.4 Å². The first-order chi connectivity index (χ1) is 10.4. The van der Waals surface area contributed by atoms with Gasteiger partial charge in [-0.15, -0.1) is 0 Å². The molecule has 0 bridgehead atoms. The zero-order chi connectivity index (χ0) is 16.3. The number of carbonyl (C=O) groups is 1. The highest BCUT2D eigenvalue weighted by Gasteiger charge is 2.11. The second-order valence-corrected chi connectivity index (χ2v) is 5.41. The highest BCUT2D eigenvalue weighted by molar-refractivity contribution is 6.41. The Morgan fingerprint density at radius 3 is 2.82 bits per heavy atom. The molecule has 1 aromatic heterocycles. The molecule has 1 amide bonds. The largest absolute Gasteiger partial charge is 0.350 e. The molecule has 1 N–H and O–H groups in total. The molecule has 2 rings (SSSR count). The molecule has 0 unspecified atom stereocenters. The molecule has 0 atom stereocenters. The van der Waals surface area contributed by atoms with Crippen LogP contribution in [0.3, 0.4) is 0 Å². The van der Waals surface area contributed by atoms with Gasteiger partial charge in [-0.25, -0.2) is 9.07 Å². The Kier molecular flexibility index (Phi) is 5.15. The zero-order valence-electron chi connectivity index (χ0n) is 11.6. The Hall–Kier alpha value is -1.92. The van der Waals surface area contributed by atoms with Crippen LogP contribution in [0.15, 0.2) is 29.2 Å². The monoisotopic (exact) mass is 343 g/mol. The number of carbonyl (C=O) groups excluding carboxylic acids is 1. The van der Waals surface area contributed by atoms with Crippen molar-refractivity contribution >= 4 is 29.1 Å². The third kappa shape index (κ3) is 3.84. The Morgan fingerprint density at radius 1 is 1.41 bits per heavy atom. The minimum Gasteiger partial charge on any atom is -0.350 e. The summed E-state index contributed by atoms with van der Waals surface area (Å²) in [5, 5.41) is 6.14. The molecule has 22 heavy (non-hydrogen) atoms. The Bertz CT molecular complexity index is 777. The Labute approximate surface area is 135 Å². The number of nitrogens with one attached hydrogen (secondary N) is 1. The average Bonchev–Trinajstić information content (AvgIpc) is 2.49. The molecule has 5 nitrogen and oxygen atoms in total. The van der Waals surface area contributed by atoms with E-state index < -0.39 is 11.5 Å². The quantitative estimate of drug-likeness (QED) is 0.926. The van der Waals surface area contributed by atoms with Crippen LogP contribution in [-0.2, 0) is 17.9 Å². The van der Waals surface area contributed by atoms with E-state index in [2.05, 4.69) is 10.4 Å². The maximum absolute atomic E-state index is 13.4.